The number of rotatable bonds is 5. The number of piperazine rings is 1. The highest BCUT2D eigenvalue weighted by atomic mass is 16.2. The molecule has 1 aliphatic heterocycles. The summed E-state index contributed by atoms with van der Waals surface area (Å²) in [7, 11) is 0. The second-order valence-corrected chi connectivity index (χ2v) is 6.03. The molecule has 23 heavy (non-hydrogen) atoms. The van der Waals surface area contributed by atoms with Crippen LogP contribution in [0, 0.1) is 6.92 Å². The van der Waals surface area contributed by atoms with Crippen molar-refractivity contribution in [1.29, 1.82) is 0 Å². The topological polar surface area (TPSA) is 52.7 Å². The van der Waals surface area contributed by atoms with Crippen LogP contribution in [0.5, 0.6) is 0 Å². The number of amides is 3. The van der Waals surface area contributed by atoms with Crippen LogP contribution in [0.25, 0.3) is 0 Å². The van der Waals surface area contributed by atoms with E-state index in [2.05, 4.69) is 24.4 Å². The van der Waals surface area contributed by atoms with Gasteiger partial charge >= 0.3 is 6.03 Å². The lowest BCUT2D eigenvalue weighted by molar-refractivity contribution is -0.132. The summed E-state index contributed by atoms with van der Waals surface area (Å²) in [6, 6.07) is 8.18. The Morgan fingerprint density at radius 1 is 1.09 bits per heavy atom. The van der Waals surface area contributed by atoms with E-state index in [1.165, 1.54) is 11.1 Å². The fourth-order valence-corrected chi connectivity index (χ4v) is 2.79. The molecule has 1 fully saturated rings. The smallest absolute Gasteiger partial charge is 0.317 e. The fourth-order valence-electron chi connectivity index (χ4n) is 2.79. The Morgan fingerprint density at radius 2 is 1.74 bits per heavy atom. The first-order valence-electron chi connectivity index (χ1n) is 8.47. The highest BCUT2D eigenvalue weighted by Gasteiger charge is 2.23. The first-order valence-corrected chi connectivity index (χ1v) is 8.47. The Hall–Kier alpha value is -2.04. The Kier molecular flexibility index (Phi) is 6.44. The zero-order valence-electron chi connectivity index (χ0n) is 14.2. The van der Waals surface area contributed by atoms with Gasteiger partial charge in [-0.2, -0.15) is 0 Å². The maximum Gasteiger partial charge on any atom is 0.317 e. The molecule has 1 N–H and O–H groups in total. The molecule has 1 aliphatic rings. The summed E-state index contributed by atoms with van der Waals surface area (Å²) in [5.74, 6) is 0.182. The first-order chi connectivity index (χ1) is 11.1. The van der Waals surface area contributed by atoms with Gasteiger partial charge in [0.05, 0.1) is 0 Å². The highest BCUT2D eigenvalue weighted by molar-refractivity contribution is 5.78. The highest BCUT2D eigenvalue weighted by Crippen LogP contribution is 2.11. The second-order valence-electron chi connectivity index (χ2n) is 6.03. The van der Waals surface area contributed by atoms with Crippen LogP contribution in [0.15, 0.2) is 24.3 Å². The van der Waals surface area contributed by atoms with E-state index in [0.717, 1.165) is 12.8 Å². The lowest BCUT2D eigenvalue weighted by Crippen LogP contribution is -2.53. The van der Waals surface area contributed by atoms with E-state index in [-0.39, 0.29) is 11.9 Å². The number of hydrogen-bond acceptors (Lipinski definition) is 2. The number of carbonyl (C=O) groups is 2. The molecule has 5 heteroatoms. The molecule has 126 valence electrons. The van der Waals surface area contributed by atoms with Gasteiger partial charge in [-0.1, -0.05) is 31.2 Å². The summed E-state index contributed by atoms with van der Waals surface area (Å²) < 4.78 is 0. The van der Waals surface area contributed by atoms with Crippen LogP contribution in [0.3, 0.4) is 0 Å². The van der Waals surface area contributed by atoms with Gasteiger partial charge in [0.1, 0.15) is 0 Å². The first kappa shape index (κ1) is 17.3. The van der Waals surface area contributed by atoms with Crippen molar-refractivity contribution in [2.45, 2.75) is 33.1 Å². The standard InChI is InChI=1S/C18H27N3O2/c1-3-10-19-18(23)21-13-11-20(12-14-21)17(22)9-8-16-7-5-4-6-15(16)2/h4-7H,3,8-14H2,1-2H3,(H,19,23). The van der Waals surface area contributed by atoms with Crippen molar-refractivity contribution < 1.29 is 9.59 Å². The minimum absolute atomic E-state index is 0.0149. The Morgan fingerprint density at radius 3 is 2.39 bits per heavy atom. The number of nitrogens with one attached hydrogen (secondary N) is 1. The van der Waals surface area contributed by atoms with Crippen molar-refractivity contribution in [3.05, 3.63) is 35.4 Å². The largest absolute Gasteiger partial charge is 0.339 e. The van der Waals surface area contributed by atoms with Crippen molar-refractivity contribution in [3.8, 4) is 0 Å². The van der Waals surface area contributed by atoms with Gasteiger partial charge in [0, 0.05) is 39.1 Å². The van der Waals surface area contributed by atoms with Crippen molar-refractivity contribution in [1.82, 2.24) is 15.1 Å². The van der Waals surface area contributed by atoms with E-state index in [1.807, 2.05) is 24.0 Å². The maximum absolute atomic E-state index is 12.3. The molecule has 0 unspecified atom stereocenters. The lowest BCUT2D eigenvalue weighted by Gasteiger charge is -2.34. The molecule has 0 spiro atoms. The van der Waals surface area contributed by atoms with Gasteiger partial charge in [-0.05, 0) is 30.9 Å². The number of aryl methyl sites for hydroxylation is 2. The zero-order chi connectivity index (χ0) is 16.7. The number of carbonyl (C=O) groups excluding carboxylic acids is 2. The van der Waals surface area contributed by atoms with E-state index < -0.39 is 0 Å². The predicted octanol–water partition coefficient (Wildman–Crippen LogP) is 2.19. The van der Waals surface area contributed by atoms with Crippen LogP contribution in [0.1, 0.15) is 30.9 Å². The number of urea groups is 1. The molecule has 1 aromatic rings. The number of hydrogen-bond donors (Lipinski definition) is 1. The lowest BCUT2D eigenvalue weighted by atomic mass is 10.0. The van der Waals surface area contributed by atoms with E-state index in [0.29, 0.717) is 39.1 Å². The van der Waals surface area contributed by atoms with Gasteiger partial charge < -0.3 is 15.1 Å². The molecule has 3 amide bonds. The van der Waals surface area contributed by atoms with E-state index in [9.17, 15) is 9.59 Å². The minimum Gasteiger partial charge on any atom is -0.339 e. The third-order valence-electron chi connectivity index (χ3n) is 4.32. The molecule has 1 saturated heterocycles. The molecular weight excluding hydrogens is 290 g/mol. The molecule has 2 rings (SSSR count). The van der Waals surface area contributed by atoms with Gasteiger partial charge in [-0.3, -0.25) is 4.79 Å². The average molecular weight is 317 g/mol. The van der Waals surface area contributed by atoms with Crippen LogP contribution < -0.4 is 5.32 Å². The van der Waals surface area contributed by atoms with Crippen molar-refractivity contribution >= 4 is 11.9 Å². The summed E-state index contributed by atoms with van der Waals surface area (Å²) in [4.78, 5) is 27.9. The molecule has 0 atom stereocenters. The predicted molar refractivity (Wildman–Crippen MR) is 91.3 cm³/mol. The van der Waals surface area contributed by atoms with Crippen LogP contribution in [0.4, 0.5) is 4.79 Å². The normalized spacial score (nSPS) is 14.7. The molecule has 0 saturated carbocycles. The number of nitrogens with zero attached hydrogens (tertiary/aromatic N) is 2. The Labute approximate surface area is 138 Å². The molecule has 0 aromatic heterocycles. The summed E-state index contributed by atoms with van der Waals surface area (Å²) >= 11 is 0. The molecule has 5 nitrogen and oxygen atoms in total. The van der Waals surface area contributed by atoms with Gasteiger partial charge in [-0.25, -0.2) is 4.79 Å². The third-order valence-corrected chi connectivity index (χ3v) is 4.32. The van der Waals surface area contributed by atoms with E-state index in [1.54, 1.807) is 4.90 Å². The van der Waals surface area contributed by atoms with Gasteiger partial charge in [0.15, 0.2) is 0 Å². The summed E-state index contributed by atoms with van der Waals surface area (Å²) in [6.45, 7) is 7.31. The monoisotopic (exact) mass is 317 g/mol. The quantitative estimate of drug-likeness (QED) is 0.905. The van der Waals surface area contributed by atoms with Gasteiger partial charge in [0.25, 0.3) is 0 Å². The van der Waals surface area contributed by atoms with E-state index >= 15 is 0 Å². The van der Waals surface area contributed by atoms with Crippen LogP contribution >= 0.6 is 0 Å². The molecule has 0 aliphatic carbocycles. The molecular formula is C18H27N3O2. The maximum atomic E-state index is 12.3. The van der Waals surface area contributed by atoms with Crippen LogP contribution in [0.2, 0.25) is 0 Å². The van der Waals surface area contributed by atoms with E-state index in [4.69, 9.17) is 0 Å². The Bertz CT molecular complexity index is 537. The van der Waals surface area contributed by atoms with Crippen molar-refractivity contribution in [2.24, 2.45) is 0 Å². The Balaban J connectivity index is 1.75. The molecule has 1 aromatic carbocycles. The summed E-state index contributed by atoms with van der Waals surface area (Å²) in [5.41, 5.74) is 2.47. The van der Waals surface area contributed by atoms with Crippen LogP contribution in [-0.4, -0.2) is 54.5 Å². The zero-order valence-corrected chi connectivity index (χ0v) is 14.2. The molecule has 1 heterocycles. The summed E-state index contributed by atoms with van der Waals surface area (Å²) in [5, 5.41) is 2.88. The molecule has 0 bridgehead atoms. The second kappa shape index (κ2) is 8.56. The minimum atomic E-state index is -0.0149. The molecule has 0 radical (unpaired) electrons. The van der Waals surface area contributed by atoms with Gasteiger partial charge in [0.2, 0.25) is 5.91 Å². The van der Waals surface area contributed by atoms with Gasteiger partial charge in [-0.15, -0.1) is 0 Å². The fraction of sp³-hybridized carbons (Fsp3) is 0.556. The SMILES string of the molecule is CCCNC(=O)N1CCN(C(=O)CCc2ccccc2C)CC1. The van der Waals surface area contributed by atoms with Crippen molar-refractivity contribution in [3.63, 3.8) is 0 Å². The van der Waals surface area contributed by atoms with Crippen LogP contribution in [-0.2, 0) is 11.2 Å². The third kappa shape index (κ3) is 4.98. The summed E-state index contributed by atoms with van der Waals surface area (Å²) in [6.07, 6.45) is 2.25. The van der Waals surface area contributed by atoms with Crippen molar-refractivity contribution in [2.75, 3.05) is 32.7 Å². The number of benzene rings is 1. The average Bonchev–Trinajstić information content (AvgIpc) is 2.59.